The predicted molar refractivity (Wildman–Crippen MR) is 123 cm³/mol. The Hall–Kier alpha value is -3.16. The second kappa shape index (κ2) is 8.41. The van der Waals surface area contributed by atoms with Crippen LogP contribution in [0.5, 0.6) is 0 Å². The lowest BCUT2D eigenvalue weighted by molar-refractivity contribution is 0.0139. The molecule has 1 aliphatic rings. The Bertz CT molecular complexity index is 1170. The van der Waals surface area contributed by atoms with E-state index in [9.17, 15) is 15.2 Å². The van der Waals surface area contributed by atoms with Crippen molar-refractivity contribution in [1.82, 2.24) is 24.2 Å². The third-order valence-corrected chi connectivity index (χ3v) is 7.62. The molecule has 0 radical (unpaired) electrons. The zero-order chi connectivity index (χ0) is 22.9. The highest BCUT2D eigenvalue weighted by Crippen LogP contribution is 2.35. The fourth-order valence-electron chi connectivity index (χ4n) is 3.99. The smallest absolute Gasteiger partial charge is 0.407 e. The molecule has 32 heavy (non-hydrogen) atoms. The molecule has 1 aliphatic heterocycles. The lowest BCUT2D eigenvalue weighted by Crippen LogP contribution is -2.64. The van der Waals surface area contributed by atoms with Crippen LogP contribution in [0.2, 0.25) is 25.7 Å². The first-order valence-electron chi connectivity index (χ1n) is 10.6. The normalized spacial score (nSPS) is 15.5. The van der Waals surface area contributed by atoms with Crippen molar-refractivity contribution < 1.29 is 14.6 Å². The molecule has 1 saturated heterocycles. The first-order chi connectivity index (χ1) is 15.2. The number of aromatic nitrogens is 4. The molecule has 0 aromatic carbocycles. The second-order valence-corrected chi connectivity index (χ2v) is 15.2. The van der Waals surface area contributed by atoms with Crippen molar-refractivity contribution in [2.75, 3.05) is 19.7 Å². The Morgan fingerprint density at radius 1 is 1.34 bits per heavy atom. The summed E-state index contributed by atoms with van der Waals surface area (Å²) in [5.41, 5.74) is 2.12. The van der Waals surface area contributed by atoms with Crippen molar-refractivity contribution in [2.24, 2.45) is 0 Å². The molecule has 0 aliphatic carbocycles. The maximum Gasteiger partial charge on any atom is 0.407 e. The Morgan fingerprint density at radius 2 is 2.12 bits per heavy atom. The van der Waals surface area contributed by atoms with Crippen molar-refractivity contribution in [3.05, 3.63) is 36.9 Å². The summed E-state index contributed by atoms with van der Waals surface area (Å²) < 4.78 is 9.64. The number of nitrogens with zero attached hydrogens (tertiary/aromatic N) is 6. The van der Waals surface area contributed by atoms with E-state index in [0.717, 1.165) is 34.8 Å². The topological polar surface area (TPSA) is 109 Å². The fourth-order valence-corrected chi connectivity index (χ4v) is 4.75. The Kier molecular flexibility index (Phi) is 5.79. The molecule has 0 bridgehead atoms. The largest absolute Gasteiger partial charge is 0.465 e. The zero-order valence-corrected chi connectivity index (χ0v) is 19.7. The summed E-state index contributed by atoms with van der Waals surface area (Å²) in [5.74, 6) is 0. The van der Waals surface area contributed by atoms with Gasteiger partial charge in [0.2, 0.25) is 0 Å². The van der Waals surface area contributed by atoms with Crippen LogP contribution in [-0.4, -0.2) is 63.2 Å². The number of hydrogen-bond donors (Lipinski definition) is 1. The summed E-state index contributed by atoms with van der Waals surface area (Å²) in [4.78, 5) is 17.1. The zero-order valence-electron chi connectivity index (χ0n) is 18.7. The van der Waals surface area contributed by atoms with E-state index < -0.39 is 19.7 Å². The van der Waals surface area contributed by atoms with Gasteiger partial charge in [0, 0.05) is 44.2 Å². The fraction of sp³-hybridized carbons (Fsp3) is 0.455. The summed E-state index contributed by atoms with van der Waals surface area (Å²) in [5, 5.41) is 24.0. The van der Waals surface area contributed by atoms with Gasteiger partial charge in [0.05, 0.1) is 31.8 Å². The Morgan fingerprint density at radius 3 is 2.81 bits per heavy atom. The van der Waals surface area contributed by atoms with Crippen LogP contribution in [0, 0.1) is 11.3 Å². The van der Waals surface area contributed by atoms with Gasteiger partial charge in [0.25, 0.3) is 0 Å². The molecular weight excluding hydrogens is 424 g/mol. The van der Waals surface area contributed by atoms with E-state index in [-0.39, 0.29) is 19.5 Å². The Labute approximate surface area is 187 Å². The number of hydrogen-bond acceptors (Lipinski definition) is 5. The van der Waals surface area contributed by atoms with Crippen LogP contribution in [-0.2, 0) is 17.0 Å². The number of pyridine rings is 1. The van der Waals surface area contributed by atoms with Crippen LogP contribution in [0.3, 0.4) is 0 Å². The monoisotopic (exact) mass is 452 g/mol. The maximum atomic E-state index is 11.2. The van der Waals surface area contributed by atoms with Gasteiger partial charge in [-0.3, -0.25) is 4.68 Å². The molecule has 0 saturated carbocycles. The standard InChI is InChI=1S/C22H28N6O3Si/c1-32(2,3)11-10-31-16-26-9-5-19-18(4-8-24-20(19)26)17-12-25-28(13-17)22(6-7-23)14-27(15-22)21(29)30/h4-5,8-9,12-13H,6,10-11,14-16H2,1-3H3,(H,29,30). The average Bonchev–Trinajstić information content (AvgIpc) is 3.34. The van der Waals surface area contributed by atoms with Gasteiger partial charge in [0.1, 0.15) is 17.9 Å². The molecule has 4 heterocycles. The predicted octanol–water partition coefficient (Wildman–Crippen LogP) is 3.81. The van der Waals surface area contributed by atoms with Crippen molar-refractivity contribution in [3.8, 4) is 17.2 Å². The van der Waals surface area contributed by atoms with Crippen LogP contribution in [0.25, 0.3) is 22.2 Å². The van der Waals surface area contributed by atoms with Crippen molar-refractivity contribution in [1.29, 1.82) is 5.26 Å². The first-order valence-corrected chi connectivity index (χ1v) is 14.4. The van der Waals surface area contributed by atoms with Gasteiger partial charge in [-0.2, -0.15) is 10.4 Å². The van der Waals surface area contributed by atoms with Gasteiger partial charge in [-0.15, -0.1) is 0 Å². The average molecular weight is 453 g/mol. The van der Waals surface area contributed by atoms with E-state index >= 15 is 0 Å². The van der Waals surface area contributed by atoms with Crippen LogP contribution in [0.15, 0.2) is 36.9 Å². The first kappa shape index (κ1) is 22.0. The molecule has 4 rings (SSSR count). The lowest BCUT2D eigenvalue weighted by atomic mass is 9.87. The summed E-state index contributed by atoms with van der Waals surface area (Å²) in [6.45, 7) is 8.72. The lowest BCUT2D eigenvalue weighted by Gasteiger charge is -2.47. The quantitative estimate of drug-likeness (QED) is 0.411. The number of likely N-dealkylation sites (tertiary alicyclic amines) is 1. The van der Waals surface area contributed by atoms with E-state index in [2.05, 4.69) is 35.8 Å². The maximum absolute atomic E-state index is 11.2. The second-order valence-electron chi connectivity index (χ2n) is 9.60. The van der Waals surface area contributed by atoms with Gasteiger partial charge in [-0.1, -0.05) is 19.6 Å². The molecule has 1 N–H and O–H groups in total. The highest BCUT2D eigenvalue weighted by Gasteiger charge is 2.47. The van der Waals surface area contributed by atoms with Gasteiger partial charge in [-0.25, -0.2) is 9.78 Å². The molecule has 1 fully saturated rings. The summed E-state index contributed by atoms with van der Waals surface area (Å²) in [7, 11) is -1.13. The van der Waals surface area contributed by atoms with E-state index in [0.29, 0.717) is 6.73 Å². The molecule has 10 heteroatoms. The number of carbonyl (C=O) groups is 1. The van der Waals surface area contributed by atoms with Crippen LogP contribution >= 0.6 is 0 Å². The van der Waals surface area contributed by atoms with E-state index in [1.165, 1.54) is 4.90 Å². The van der Waals surface area contributed by atoms with Crippen molar-refractivity contribution in [3.63, 3.8) is 0 Å². The Balaban J connectivity index is 1.55. The van der Waals surface area contributed by atoms with Gasteiger partial charge in [-0.05, 0) is 23.7 Å². The number of fused-ring (bicyclic) bond motifs is 1. The van der Waals surface area contributed by atoms with Crippen molar-refractivity contribution >= 4 is 25.2 Å². The number of rotatable bonds is 8. The van der Waals surface area contributed by atoms with E-state index in [1.54, 1.807) is 17.1 Å². The molecule has 0 unspecified atom stereocenters. The minimum Gasteiger partial charge on any atom is -0.465 e. The molecule has 9 nitrogen and oxygen atoms in total. The van der Waals surface area contributed by atoms with Crippen molar-refractivity contribution in [2.45, 2.75) is 44.4 Å². The van der Waals surface area contributed by atoms with Crippen LogP contribution in [0.4, 0.5) is 4.79 Å². The molecular formula is C22H28N6O3Si. The minimum atomic E-state index is -1.13. The van der Waals surface area contributed by atoms with E-state index in [1.807, 2.05) is 29.1 Å². The molecule has 0 atom stereocenters. The highest BCUT2D eigenvalue weighted by atomic mass is 28.3. The van der Waals surface area contributed by atoms with E-state index in [4.69, 9.17) is 4.74 Å². The summed E-state index contributed by atoms with van der Waals surface area (Å²) in [6.07, 6.45) is 6.64. The molecule has 1 amide bonds. The number of ether oxygens (including phenoxy) is 1. The highest BCUT2D eigenvalue weighted by molar-refractivity contribution is 6.76. The molecule has 168 valence electrons. The minimum absolute atomic E-state index is 0.203. The van der Waals surface area contributed by atoms with Crippen LogP contribution in [0.1, 0.15) is 6.42 Å². The molecule has 3 aromatic rings. The summed E-state index contributed by atoms with van der Waals surface area (Å²) in [6, 6.07) is 7.27. The third kappa shape index (κ3) is 4.26. The third-order valence-electron chi connectivity index (χ3n) is 5.92. The van der Waals surface area contributed by atoms with Crippen LogP contribution < -0.4 is 0 Å². The number of carboxylic acid groups (broad SMARTS) is 1. The number of amides is 1. The van der Waals surface area contributed by atoms with Gasteiger partial charge in [0.15, 0.2) is 0 Å². The SMILES string of the molecule is C[Si](C)(C)CCOCn1ccc2c(-c3cnn(C4(CC#N)CN(C(=O)O)C4)c3)ccnc21. The summed E-state index contributed by atoms with van der Waals surface area (Å²) >= 11 is 0. The van der Waals surface area contributed by atoms with Gasteiger partial charge >= 0.3 is 6.09 Å². The molecule has 3 aromatic heterocycles. The molecule has 0 spiro atoms. The van der Waals surface area contributed by atoms with Gasteiger partial charge < -0.3 is 19.3 Å². The number of nitriles is 1.